The maximum Gasteiger partial charge on any atom is 0.418 e. The number of hydrogen-bond donors (Lipinski definition) is 2. The topological polar surface area (TPSA) is 117 Å². The Morgan fingerprint density at radius 2 is 1.92 bits per heavy atom. The predicted octanol–water partition coefficient (Wildman–Crippen LogP) is 3.03. The summed E-state index contributed by atoms with van der Waals surface area (Å²) in [6.45, 7) is 7.44. The number of nitrogens with zero attached hydrogens (tertiary/aromatic N) is 4. The fourth-order valence-electron chi connectivity index (χ4n) is 4.18. The molecule has 10 nitrogen and oxygen atoms in total. The third-order valence-corrected chi connectivity index (χ3v) is 6.69. The molecule has 0 bridgehead atoms. The molecule has 1 aliphatic heterocycles. The molecule has 3 aromatic rings. The van der Waals surface area contributed by atoms with Gasteiger partial charge in [-0.2, -0.15) is 0 Å². The molecule has 1 atom stereocenters. The third-order valence-electron chi connectivity index (χ3n) is 5.93. The van der Waals surface area contributed by atoms with Crippen LogP contribution in [-0.4, -0.2) is 86.8 Å². The molecule has 4 rings (SSSR count). The second kappa shape index (κ2) is 10.8. The number of amides is 2. The number of carbonyl (C=O) groups excluding carboxylic acids is 3. The summed E-state index contributed by atoms with van der Waals surface area (Å²) < 4.78 is 6.88. The first-order valence-corrected chi connectivity index (χ1v) is 12.7. The van der Waals surface area contributed by atoms with E-state index in [1.165, 1.54) is 15.9 Å². The van der Waals surface area contributed by atoms with Crippen molar-refractivity contribution >= 4 is 45.8 Å². The summed E-state index contributed by atoms with van der Waals surface area (Å²) in [4.78, 5) is 45.6. The number of thiazole rings is 1. The van der Waals surface area contributed by atoms with Crippen LogP contribution in [0.25, 0.3) is 10.9 Å². The van der Waals surface area contributed by atoms with Crippen molar-refractivity contribution in [1.82, 2.24) is 19.4 Å². The minimum absolute atomic E-state index is 0.0844. The lowest BCUT2D eigenvalue weighted by Crippen LogP contribution is -2.53. The number of ether oxygens (including phenoxy) is 1. The van der Waals surface area contributed by atoms with Gasteiger partial charge in [0.05, 0.1) is 12.1 Å². The Labute approximate surface area is 213 Å². The van der Waals surface area contributed by atoms with Crippen molar-refractivity contribution in [1.29, 1.82) is 0 Å². The minimum atomic E-state index is -0.603. The van der Waals surface area contributed by atoms with Crippen molar-refractivity contribution in [3.05, 3.63) is 47.0 Å². The van der Waals surface area contributed by atoms with Gasteiger partial charge in [0.1, 0.15) is 5.60 Å². The van der Waals surface area contributed by atoms with Gasteiger partial charge in [0.25, 0.3) is 5.91 Å². The number of piperazine rings is 1. The average Bonchev–Trinajstić information content (AvgIpc) is 3.51. The second-order valence-corrected chi connectivity index (χ2v) is 10.6. The first kappa shape index (κ1) is 25.8. The summed E-state index contributed by atoms with van der Waals surface area (Å²) in [6, 6.07) is 6.73. The van der Waals surface area contributed by atoms with E-state index in [1.54, 1.807) is 46.9 Å². The van der Waals surface area contributed by atoms with Crippen molar-refractivity contribution in [2.24, 2.45) is 0 Å². The summed E-state index contributed by atoms with van der Waals surface area (Å²) in [5.74, 6) is -0.305. The number of rotatable bonds is 6. The van der Waals surface area contributed by atoms with Crippen LogP contribution >= 0.6 is 11.3 Å². The lowest BCUT2D eigenvalue weighted by atomic mass is 10.1. The molecule has 1 fully saturated rings. The smallest absolute Gasteiger partial charge is 0.418 e. The molecule has 3 heterocycles. The molecule has 1 saturated heterocycles. The number of hydrogen-bond acceptors (Lipinski definition) is 8. The summed E-state index contributed by atoms with van der Waals surface area (Å²) in [5.41, 5.74) is 0.680. The van der Waals surface area contributed by atoms with Crippen LogP contribution < -0.4 is 5.32 Å². The molecule has 0 aliphatic carbocycles. The maximum absolute atomic E-state index is 12.8. The van der Waals surface area contributed by atoms with Gasteiger partial charge in [0.2, 0.25) is 5.91 Å². The van der Waals surface area contributed by atoms with E-state index in [9.17, 15) is 19.5 Å². The lowest BCUT2D eigenvalue weighted by molar-refractivity contribution is -0.118. The molecule has 0 radical (unpaired) electrons. The van der Waals surface area contributed by atoms with Crippen LogP contribution in [0.2, 0.25) is 0 Å². The molecule has 192 valence electrons. The van der Waals surface area contributed by atoms with Gasteiger partial charge in [0.15, 0.2) is 5.01 Å². The lowest BCUT2D eigenvalue weighted by Gasteiger charge is -2.38. The van der Waals surface area contributed by atoms with Crippen LogP contribution in [0.3, 0.4) is 0 Å². The number of anilines is 1. The van der Waals surface area contributed by atoms with E-state index < -0.39 is 11.7 Å². The van der Waals surface area contributed by atoms with Crippen molar-refractivity contribution < 1.29 is 24.2 Å². The Morgan fingerprint density at radius 1 is 1.17 bits per heavy atom. The number of nitrogens with one attached hydrogen (secondary N) is 1. The van der Waals surface area contributed by atoms with Gasteiger partial charge in [-0.15, -0.1) is 11.3 Å². The standard InChI is InChI=1S/C25H31N5O5S/c1-25(2,3)35-24(34)30-8-6-17-14-18(4-5-20(17)30)27-21(32)15-19(16-31)28-9-11-29(12-10-28)23(33)22-26-7-13-36-22/h4-8,13-14,19,31H,9-12,15-16H2,1-3H3,(H,27,32). The summed E-state index contributed by atoms with van der Waals surface area (Å²) >= 11 is 1.32. The number of aliphatic hydroxyl groups is 1. The zero-order valence-corrected chi connectivity index (χ0v) is 21.5. The molecular formula is C25H31N5O5S. The zero-order valence-electron chi connectivity index (χ0n) is 20.6. The highest BCUT2D eigenvalue weighted by molar-refractivity contribution is 7.11. The average molecular weight is 514 g/mol. The second-order valence-electron chi connectivity index (χ2n) is 9.69. The number of fused-ring (bicyclic) bond motifs is 1. The largest absolute Gasteiger partial charge is 0.443 e. The SMILES string of the molecule is CC(C)(C)OC(=O)n1ccc2cc(NC(=O)CC(CO)N3CCN(C(=O)c4nccs4)CC3)ccc21. The van der Waals surface area contributed by atoms with Crippen molar-refractivity contribution in [3.63, 3.8) is 0 Å². The van der Waals surface area contributed by atoms with Gasteiger partial charge >= 0.3 is 6.09 Å². The van der Waals surface area contributed by atoms with E-state index in [0.717, 1.165) is 5.39 Å². The summed E-state index contributed by atoms with van der Waals surface area (Å²) in [7, 11) is 0. The first-order valence-electron chi connectivity index (χ1n) is 11.8. The van der Waals surface area contributed by atoms with E-state index in [0.29, 0.717) is 42.4 Å². The maximum atomic E-state index is 12.8. The molecule has 0 saturated carbocycles. The summed E-state index contributed by atoms with van der Waals surface area (Å²) in [5, 5.41) is 15.9. The van der Waals surface area contributed by atoms with Gasteiger partial charge in [-0.3, -0.25) is 19.1 Å². The van der Waals surface area contributed by atoms with Crippen LogP contribution in [0.5, 0.6) is 0 Å². The molecule has 11 heteroatoms. The fraction of sp³-hybridized carbons (Fsp3) is 0.440. The monoisotopic (exact) mass is 513 g/mol. The molecule has 1 unspecified atom stereocenters. The summed E-state index contributed by atoms with van der Waals surface area (Å²) in [6.07, 6.45) is 2.91. The van der Waals surface area contributed by atoms with Crippen LogP contribution in [0.15, 0.2) is 42.0 Å². The first-order chi connectivity index (χ1) is 17.1. The highest BCUT2D eigenvalue weighted by Crippen LogP contribution is 2.22. The number of aliphatic hydroxyl groups excluding tert-OH is 1. The van der Waals surface area contributed by atoms with Crippen molar-refractivity contribution in [3.8, 4) is 0 Å². The van der Waals surface area contributed by atoms with Gasteiger partial charge in [-0.1, -0.05) is 0 Å². The van der Waals surface area contributed by atoms with Crippen LogP contribution in [-0.2, 0) is 9.53 Å². The highest BCUT2D eigenvalue weighted by Gasteiger charge is 2.28. The molecule has 1 aliphatic rings. The number of benzene rings is 1. The van der Waals surface area contributed by atoms with E-state index >= 15 is 0 Å². The van der Waals surface area contributed by atoms with Crippen LogP contribution in [0.1, 0.15) is 37.0 Å². The Bertz CT molecular complexity index is 1230. The molecule has 0 spiro atoms. The molecule has 36 heavy (non-hydrogen) atoms. The predicted molar refractivity (Wildman–Crippen MR) is 137 cm³/mol. The van der Waals surface area contributed by atoms with Gasteiger partial charge in [0, 0.05) is 67.5 Å². The van der Waals surface area contributed by atoms with E-state index in [4.69, 9.17) is 4.74 Å². The number of carbonyl (C=O) groups is 3. The Kier molecular flexibility index (Phi) is 7.72. The Balaban J connectivity index is 1.33. The van der Waals surface area contributed by atoms with Gasteiger partial charge in [-0.25, -0.2) is 9.78 Å². The highest BCUT2D eigenvalue weighted by atomic mass is 32.1. The zero-order chi connectivity index (χ0) is 25.9. The molecule has 1 aromatic carbocycles. The van der Waals surface area contributed by atoms with Crippen LogP contribution in [0, 0.1) is 0 Å². The minimum Gasteiger partial charge on any atom is -0.443 e. The van der Waals surface area contributed by atoms with E-state index in [-0.39, 0.29) is 30.9 Å². The van der Waals surface area contributed by atoms with Gasteiger partial charge in [-0.05, 0) is 45.0 Å². The molecule has 2 amide bonds. The van der Waals surface area contributed by atoms with E-state index in [1.807, 2.05) is 25.7 Å². The normalized spacial score (nSPS) is 15.6. The fourth-order valence-corrected chi connectivity index (χ4v) is 4.78. The molecule has 2 aromatic heterocycles. The third kappa shape index (κ3) is 6.10. The molecular weight excluding hydrogens is 482 g/mol. The Hall–Kier alpha value is -3.28. The van der Waals surface area contributed by atoms with Crippen molar-refractivity contribution in [2.45, 2.75) is 38.8 Å². The van der Waals surface area contributed by atoms with Gasteiger partial charge < -0.3 is 20.1 Å². The molecule has 2 N–H and O–H groups in total. The number of aromatic nitrogens is 2. The Morgan fingerprint density at radius 3 is 2.56 bits per heavy atom. The van der Waals surface area contributed by atoms with Crippen LogP contribution in [0.4, 0.5) is 10.5 Å². The van der Waals surface area contributed by atoms with E-state index in [2.05, 4.69) is 10.3 Å². The quantitative estimate of drug-likeness (QED) is 0.520. The van der Waals surface area contributed by atoms with Crippen molar-refractivity contribution in [2.75, 3.05) is 38.1 Å².